The lowest BCUT2D eigenvalue weighted by atomic mass is 9.42. The van der Waals surface area contributed by atoms with Gasteiger partial charge in [0.25, 0.3) is 0 Å². The zero-order chi connectivity index (χ0) is 25.2. The number of hydrogen-bond acceptors (Lipinski definition) is 7. The second-order valence-corrected chi connectivity index (χ2v) is 11.5. The minimum Gasteiger partial charge on any atom is -0.486 e. The first-order chi connectivity index (χ1) is 16.5. The van der Waals surface area contributed by atoms with Gasteiger partial charge in [-0.1, -0.05) is 20.8 Å². The van der Waals surface area contributed by atoms with Crippen molar-refractivity contribution in [2.75, 3.05) is 6.61 Å². The van der Waals surface area contributed by atoms with E-state index in [2.05, 4.69) is 25.8 Å². The van der Waals surface area contributed by atoms with Crippen LogP contribution < -0.4 is 10.4 Å². The van der Waals surface area contributed by atoms with Crippen LogP contribution in [0.1, 0.15) is 72.0 Å². The van der Waals surface area contributed by atoms with E-state index in [1.807, 2.05) is 19.9 Å². The van der Waals surface area contributed by atoms with Gasteiger partial charge < -0.3 is 19.0 Å². The zero-order valence-corrected chi connectivity index (χ0v) is 21.2. The quantitative estimate of drug-likeness (QED) is 0.621. The zero-order valence-electron chi connectivity index (χ0n) is 21.2. The molecule has 2 aliphatic carbocycles. The van der Waals surface area contributed by atoms with Crippen molar-refractivity contribution >= 4 is 5.97 Å². The van der Waals surface area contributed by atoms with Crippen molar-refractivity contribution in [2.24, 2.45) is 28.6 Å². The van der Waals surface area contributed by atoms with Crippen LogP contribution in [0.5, 0.6) is 5.75 Å². The van der Waals surface area contributed by atoms with E-state index in [0.29, 0.717) is 30.1 Å². The molecule has 2 saturated carbocycles. The molecule has 5 rings (SSSR count). The first-order valence-corrected chi connectivity index (χ1v) is 12.6. The van der Waals surface area contributed by atoms with Gasteiger partial charge in [0.15, 0.2) is 0 Å². The molecule has 0 bridgehead atoms. The summed E-state index contributed by atoms with van der Waals surface area (Å²) in [5, 5.41) is 11.8. The number of esters is 1. The van der Waals surface area contributed by atoms with Crippen molar-refractivity contribution in [3.63, 3.8) is 0 Å². The van der Waals surface area contributed by atoms with Gasteiger partial charge in [-0.3, -0.25) is 9.78 Å². The molecule has 7 heteroatoms. The second kappa shape index (κ2) is 8.19. The van der Waals surface area contributed by atoms with Crippen LogP contribution in [-0.2, 0) is 9.53 Å². The molecule has 7 nitrogen and oxygen atoms in total. The summed E-state index contributed by atoms with van der Waals surface area (Å²) in [5.41, 5.74) is -1.01. The molecule has 0 aromatic carbocycles. The third-order valence-corrected chi connectivity index (χ3v) is 9.28. The number of rotatable bonds is 3. The minimum atomic E-state index is -1.02. The second-order valence-electron chi connectivity index (χ2n) is 11.5. The van der Waals surface area contributed by atoms with E-state index in [1.54, 1.807) is 24.5 Å². The van der Waals surface area contributed by atoms with Crippen LogP contribution in [0.3, 0.4) is 0 Å². The molecule has 0 radical (unpaired) electrons. The van der Waals surface area contributed by atoms with Gasteiger partial charge in [-0.15, -0.1) is 0 Å². The predicted octanol–water partition coefficient (Wildman–Crippen LogP) is 4.92. The Hall–Kier alpha value is -2.67. The lowest BCUT2D eigenvalue weighted by molar-refractivity contribution is -0.216. The normalized spacial score (nSPS) is 35.1. The highest BCUT2D eigenvalue weighted by Gasteiger charge is 2.66. The molecule has 3 heterocycles. The molecule has 188 valence electrons. The smallest absolute Gasteiger partial charge is 0.345 e. The van der Waals surface area contributed by atoms with Crippen molar-refractivity contribution in [3.05, 3.63) is 46.6 Å². The summed E-state index contributed by atoms with van der Waals surface area (Å²) in [6.07, 6.45) is 5.28. The third kappa shape index (κ3) is 3.53. The molecule has 1 aliphatic heterocycles. The first kappa shape index (κ1) is 24.0. The molecule has 0 amide bonds. The number of pyridine rings is 1. The topological polar surface area (TPSA) is 98.9 Å². The van der Waals surface area contributed by atoms with Gasteiger partial charge in [0, 0.05) is 29.9 Å². The van der Waals surface area contributed by atoms with Crippen LogP contribution in [0, 0.1) is 28.6 Å². The Labute approximate surface area is 205 Å². The van der Waals surface area contributed by atoms with Gasteiger partial charge in [-0.25, -0.2) is 4.79 Å². The number of hydrogen-bond donors (Lipinski definition) is 1. The number of carbonyl (C=O) groups is 1. The van der Waals surface area contributed by atoms with E-state index >= 15 is 0 Å². The molecule has 1 N–H and O–H groups in total. The Morgan fingerprint density at radius 3 is 2.69 bits per heavy atom. The maximum Gasteiger partial charge on any atom is 0.345 e. The van der Waals surface area contributed by atoms with E-state index in [0.717, 1.165) is 19.3 Å². The molecule has 0 unspecified atom stereocenters. The summed E-state index contributed by atoms with van der Waals surface area (Å²) >= 11 is 0. The van der Waals surface area contributed by atoms with Crippen molar-refractivity contribution in [1.82, 2.24) is 4.98 Å². The maximum atomic E-state index is 13.2. The Morgan fingerprint density at radius 2 is 2.00 bits per heavy atom. The van der Waals surface area contributed by atoms with Crippen LogP contribution in [0.25, 0.3) is 11.3 Å². The van der Waals surface area contributed by atoms with E-state index < -0.39 is 17.3 Å². The largest absolute Gasteiger partial charge is 0.486 e. The Morgan fingerprint density at radius 1 is 1.23 bits per heavy atom. The summed E-state index contributed by atoms with van der Waals surface area (Å²) < 4.78 is 17.6. The van der Waals surface area contributed by atoms with Crippen LogP contribution in [0.4, 0.5) is 0 Å². The van der Waals surface area contributed by atoms with Gasteiger partial charge in [-0.05, 0) is 68.4 Å². The number of aliphatic hydroxyl groups is 1. The van der Waals surface area contributed by atoms with Crippen molar-refractivity contribution in [3.8, 4) is 17.1 Å². The highest BCUT2D eigenvalue weighted by atomic mass is 16.5. The lowest BCUT2D eigenvalue weighted by Gasteiger charge is -2.65. The average molecular weight is 482 g/mol. The van der Waals surface area contributed by atoms with Crippen LogP contribution >= 0.6 is 0 Å². The fourth-order valence-corrected chi connectivity index (χ4v) is 7.83. The number of ether oxygens (including phenoxy) is 2. The Bertz CT molecular complexity index is 1190. The summed E-state index contributed by atoms with van der Waals surface area (Å²) in [4.78, 5) is 30.1. The van der Waals surface area contributed by atoms with Gasteiger partial charge in [0.05, 0.1) is 18.6 Å². The van der Waals surface area contributed by atoms with E-state index in [9.17, 15) is 14.7 Å². The summed E-state index contributed by atoms with van der Waals surface area (Å²) in [6.45, 7) is 10.8. The standard InChI is InChI=1S/C28H35NO6/c1-6-33-24(31)17-9-11-27(4)20(26(17,2)3)10-12-28(5)23(27)22(30)21-19(35-28)14-18(34-25(21)32)16-8-7-13-29-15-16/h7-8,13-15,17,20,22-23,30H,6,9-12H2,1-5H3/t17-,20+,22+,23-,27+,28-/m1/s1. The molecule has 2 aromatic rings. The summed E-state index contributed by atoms with van der Waals surface area (Å²) in [7, 11) is 0. The number of carbonyl (C=O) groups excluding carboxylic acids is 1. The fourth-order valence-electron chi connectivity index (χ4n) is 7.83. The highest BCUT2D eigenvalue weighted by Crippen LogP contribution is 2.67. The van der Waals surface area contributed by atoms with Crippen LogP contribution in [0.2, 0.25) is 0 Å². The number of nitrogens with zero attached hydrogens (tertiary/aromatic N) is 1. The van der Waals surface area contributed by atoms with Crippen LogP contribution in [-0.4, -0.2) is 28.3 Å². The monoisotopic (exact) mass is 481 g/mol. The van der Waals surface area contributed by atoms with Gasteiger partial charge in [0.2, 0.25) is 0 Å². The lowest BCUT2D eigenvalue weighted by Crippen LogP contribution is -2.64. The van der Waals surface area contributed by atoms with Gasteiger partial charge in [-0.2, -0.15) is 0 Å². The number of fused-ring (bicyclic) bond motifs is 4. The van der Waals surface area contributed by atoms with E-state index in [4.69, 9.17) is 13.9 Å². The van der Waals surface area contributed by atoms with Crippen molar-refractivity contribution in [1.29, 1.82) is 0 Å². The highest BCUT2D eigenvalue weighted by molar-refractivity contribution is 5.73. The molecule has 2 aromatic heterocycles. The predicted molar refractivity (Wildman–Crippen MR) is 130 cm³/mol. The molecule has 6 atom stereocenters. The average Bonchev–Trinajstić information content (AvgIpc) is 2.78. The number of aliphatic hydroxyl groups excluding tert-OH is 1. The summed E-state index contributed by atoms with van der Waals surface area (Å²) in [5.74, 6) is 0.279. The fraction of sp³-hybridized carbons (Fsp3) is 0.607. The number of aromatic nitrogens is 1. The molecule has 2 fully saturated rings. The molecule has 35 heavy (non-hydrogen) atoms. The minimum absolute atomic E-state index is 0.137. The van der Waals surface area contributed by atoms with Crippen molar-refractivity contribution < 1.29 is 23.8 Å². The summed E-state index contributed by atoms with van der Waals surface area (Å²) in [6, 6.07) is 5.30. The molecule has 0 saturated heterocycles. The van der Waals surface area contributed by atoms with Gasteiger partial charge >= 0.3 is 11.6 Å². The van der Waals surface area contributed by atoms with Crippen LogP contribution in [0.15, 0.2) is 39.8 Å². The van der Waals surface area contributed by atoms with Crippen molar-refractivity contribution in [2.45, 2.75) is 72.0 Å². The van der Waals surface area contributed by atoms with E-state index in [1.165, 1.54) is 0 Å². The first-order valence-electron chi connectivity index (χ1n) is 12.6. The molecular weight excluding hydrogens is 446 g/mol. The maximum absolute atomic E-state index is 13.2. The van der Waals surface area contributed by atoms with Gasteiger partial charge in [0.1, 0.15) is 22.7 Å². The third-order valence-electron chi connectivity index (χ3n) is 9.28. The Kier molecular flexibility index (Phi) is 5.62. The SMILES string of the molecule is CCOC(=O)[C@H]1CC[C@]2(C)[C@H]3[C@@H](O)c4c(cc(-c5cccnc5)oc4=O)O[C@]3(C)CC[C@H]2C1(C)C. The van der Waals surface area contributed by atoms with E-state index in [-0.39, 0.29) is 40.1 Å². The molecular formula is C28H35NO6. The Balaban J connectivity index is 1.56. The molecule has 0 spiro atoms. The molecule has 3 aliphatic rings.